The fraction of sp³-hybridized carbons (Fsp3) is 0.429. The van der Waals surface area contributed by atoms with Gasteiger partial charge in [0.1, 0.15) is 0 Å². The maximum Gasteiger partial charge on any atom is 0.308 e. The first-order valence-electron chi connectivity index (χ1n) is 6.29. The molecule has 0 saturated carbocycles. The van der Waals surface area contributed by atoms with Crippen molar-refractivity contribution in [2.75, 3.05) is 18.8 Å². The maximum absolute atomic E-state index is 12.1. The molecule has 5 nitrogen and oxygen atoms in total. The van der Waals surface area contributed by atoms with Crippen LogP contribution in [0, 0.1) is 5.92 Å². The second kappa shape index (κ2) is 6.78. The fourth-order valence-corrected chi connectivity index (χ4v) is 1.81. The van der Waals surface area contributed by atoms with Gasteiger partial charge < -0.3 is 15.7 Å². The summed E-state index contributed by atoms with van der Waals surface area (Å²) in [6, 6.07) is 7.15. The average Bonchev–Trinajstić information content (AvgIpc) is 2.35. The number of carbonyl (C=O) groups excluding carboxylic acids is 1. The van der Waals surface area contributed by atoms with Crippen LogP contribution in [0.15, 0.2) is 24.3 Å². The van der Waals surface area contributed by atoms with E-state index in [1.54, 1.807) is 30.0 Å². The van der Waals surface area contributed by atoms with Crippen LogP contribution >= 0.6 is 0 Å². The number of hydrogen-bond acceptors (Lipinski definition) is 3. The molecule has 1 aromatic rings. The molecule has 0 radical (unpaired) electrons. The highest BCUT2D eigenvalue weighted by Gasteiger charge is 2.19. The molecular weight excluding hydrogens is 244 g/mol. The lowest BCUT2D eigenvalue weighted by molar-refractivity contribution is -0.142. The SMILES string of the molecule is CCN(CC(C)C(=O)O)C(=O)Cc1cccc(N)c1. The van der Waals surface area contributed by atoms with Gasteiger partial charge in [-0.05, 0) is 24.6 Å². The first-order chi connectivity index (χ1) is 8.93. The molecule has 1 rings (SSSR count). The van der Waals surface area contributed by atoms with Crippen molar-refractivity contribution >= 4 is 17.6 Å². The number of nitrogens with zero attached hydrogens (tertiary/aromatic N) is 1. The summed E-state index contributed by atoms with van der Waals surface area (Å²) in [5.41, 5.74) is 7.12. The zero-order valence-corrected chi connectivity index (χ0v) is 11.3. The van der Waals surface area contributed by atoms with Crippen molar-refractivity contribution in [3.63, 3.8) is 0 Å². The van der Waals surface area contributed by atoms with Crippen LogP contribution in [0.25, 0.3) is 0 Å². The zero-order valence-electron chi connectivity index (χ0n) is 11.3. The van der Waals surface area contributed by atoms with E-state index in [9.17, 15) is 9.59 Å². The lowest BCUT2D eigenvalue weighted by Crippen LogP contribution is -2.37. The average molecular weight is 264 g/mol. The number of amides is 1. The minimum absolute atomic E-state index is 0.0822. The van der Waals surface area contributed by atoms with E-state index in [0.717, 1.165) is 5.56 Å². The largest absolute Gasteiger partial charge is 0.481 e. The van der Waals surface area contributed by atoms with E-state index >= 15 is 0 Å². The molecule has 0 fully saturated rings. The van der Waals surface area contributed by atoms with Gasteiger partial charge in [0.05, 0.1) is 12.3 Å². The first kappa shape index (κ1) is 15.0. The summed E-state index contributed by atoms with van der Waals surface area (Å²) in [5, 5.41) is 8.88. The molecule has 1 amide bonds. The Balaban J connectivity index is 2.66. The molecule has 1 atom stereocenters. The summed E-state index contributed by atoms with van der Waals surface area (Å²) in [4.78, 5) is 24.5. The molecule has 0 aliphatic heterocycles. The minimum Gasteiger partial charge on any atom is -0.481 e. The van der Waals surface area contributed by atoms with E-state index in [4.69, 9.17) is 10.8 Å². The molecule has 1 unspecified atom stereocenters. The summed E-state index contributed by atoms with van der Waals surface area (Å²) >= 11 is 0. The summed E-state index contributed by atoms with van der Waals surface area (Å²) < 4.78 is 0. The predicted molar refractivity (Wildman–Crippen MR) is 73.6 cm³/mol. The number of carboxylic acids is 1. The number of nitrogens with two attached hydrogens (primary N) is 1. The summed E-state index contributed by atoms with van der Waals surface area (Å²) in [6.07, 6.45) is 0.241. The minimum atomic E-state index is -0.893. The van der Waals surface area contributed by atoms with Gasteiger partial charge in [-0.1, -0.05) is 19.1 Å². The van der Waals surface area contributed by atoms with Crippen molar-refractivity contribution < 1.29 is 14.7 Å². The smallest absolute Gasteiger partial charge is 0.308 e. The van der Waals surface area contributed by atoms with Crippen LogP contribution in [0.2, 0.25) is 0 Å². The molecule has 1 aromatic carbocycles. The molecular formula is C14H20N2O3. The fourth-order valence-electron chi connectivity index (χ4n) is 1.81. The Morgan fingerprint density at radius 2 is 2.11 bits per heavy atom. The summed E-state index contributed by atoms with van der Waals surface area (Å²) in [5.74, 6) is -1.54. The molecule has 0 aromatic heterocycles. The zero-order chi connectivity index (χ0) is 14.4. The normalized spacial score (nSPS) is 11.9. The third-order valence-electron chi connectivity index (χ3n) is 2.96. The van der Waals surface area contributed by atoms with Gasteiger partial charge in [0.15, 0.2) is 0 Å². The van der Waals surface area contributed by atoms with Crippen LogP contribution in [0.5, 0.6) is 0 Å². The van der Waals surface area contributed by atoms with Gasteiger partial charge in [0, 0.05) is 18.8 Å². The van der Waals surface area contributed by atoms with Crippen molar-refractivity contribution in [3.05, 3.63) is 29.8 Å². The number of hydrogen-bond donors (Lipinski definition) is 2. The van der Waals surface area contributed by atoms with E-state index in [-0.39, 0.29) is 18.9 Å². The van der Waals surface area contributed by atoms with E-state index in [1.165, 1.54) is 0 Å². The Kier molecular flexibility index (Phi) is 5.36. The number of rotatable bonds is 6. The Morgan fingerprint density at radius 1 is 1.42 bits per heavy atom. The van der Waals surface area contributed by atoms with Crippen LogP contribution in [0.4, 0.5) is 5.69 Å². The molecule has 19 heavy (non-hydrogen) atoms. The lowest BCUT2D eigenvalue weighted by atomic mass is 10.1. The van der Waals surface area contributed by atoms with Gasteiger partial charge in [-0.25, -0.2) is 0 Å². The van der Waals surface area contributed by atoms with Gasteiger partial charge in [-0.3, -0.25) is 9.59 Å². The van der Waals surface area contributed by atoms with Crippen LogP contribution in [-0.4, -0.2) is 35.0 Å². The lowest BCUT2D eigenvalue weighted by Gasteiger charge is -2.23. The number of likely N-dealkylation sites (N-methyl/N-ethyl adjacent to an activating group) is 1. The number of aliphatic carboxylic acids is 1. The Bertz CT molecular complexity index is 460. The summed E-state index contributed by atoms with van der Waals surface area (Å²) in [7, 11) is 0. The molecule has 0 bridgehead atoms. The van der Waals surface area contributed by atoms with Gasteiger partial charge in [0.25, 0.3) is 0 Å². The highest BCUT2D eigenvalue weighted by molar-refractivity contribution is 5.80. The first-order valence-corrected chi connectivity index (χ1v) is 6.29. The highest BCUT2D eigenvalue weighted by atomic mass is 16.4. The van der Waals surface area contributed by atoms with Crippen molar-refractivity contribution in [3.8, 4) is 0 Å². The number of nitrogen functional groups attached to an aromatic ring is 1. The molecule has 104 valence electrons. The van der Waals surface area contributed by atoms with Gasteiger partial charge in [0.2, 0.25) is 5.91 Å². The molecule has 5 heteroatoms. The molecule has 0 spiro atoms. The summed E-state index contributed by atoms with van der Waals surface area (Å²) in [6.45, 7) is 4.16. The number of anilines is 1. The van der Waals surface area contributed by atoms with Crippen molar-refractivity contribution in [1.29, 1.82) is 0 Å². The second-order valence-corrected chi connectivity index (χ2v) is 4.59. The van der Waals surface area contributed by atoms with Crippen LogP contribution in [0.3, 0.4) is 0 Å². The quantitative estimate of drug-likeness (QED) is 0.760. The Morgan fingerprint density at radius 3 is 2.63 bits per heavy atom. The predicted octanol–water partition coefficient (Wildman–Crippen LogP) is 1.38. The van der Waals surface area contributed by atoms with Crippen molar-refractivity contribution in [2.24, 2.45) is 5.92 Å². The molecule has 0 heterocycles. The van der Waals surface area contributed by atoms with E-state index in [0.29, 0.717) is 12.2 Å². The molecule has 3 N–H and O–H groups in total. The van der Waals surface area contributed by atoms with Crippen LogP contribution in [0.1, 0.15) is 19.4 Å². The van der Waals surface area contributed by atoms with Crippen molar-refractivity contribution in [1.82, 2.24) is 4.90 Å². The van der Waals surface area contributed by atoms with E-state index in [1.807, 2.05) is 13.0 Å². The topological polar surface area (TPSA) is 83.6 Å². The number of carboxylic acid groups (broad SMARTS) is 1. The number of benzene rings is 1. The van der Waals surface area contributed by atoms with Gasteiger partial charge >= 0.3 is 5.97 Å². The van der Waals surface area contributed by atoms with Crippen LogP contribution in [-0.2, 0) is 16.0 Å². The third-order valence-corrected chi connectivity index (χ3v) is 2.96. The molecule has 0 aliphatic carbocycles. The highest BCUT2D eigenvalue weighted by Crippen LogP contribution is 2.10. The Hall–Kier alpha value is -2.04. The van der Waals surface area contributed by atoms with Gasteiger partial charge in [-0.15, -0.1) is 0 Å². The van der Waals surface area contributed by atoms with Crippen LogP contribution < -0.4 is 5.73 Å². The van der Waals surface area contributed by atoms with Gasteiger partial charge in [-0.2, -0.15) is 0 Å². The number of carbonyl (C=O) groups is 2. The van der Waals surface area contributed by atoms with E-state index < -0.39 is 11.9 Å². The maximum atomic E-state index is 12.1. The molecule has 0 aliphatic rings. The van der Waals surface area contributed by atoms with E-state index in [2.05, 4.69) is 0 Å². The second-order valence-electron chi connectivity index (χ2n) is 4.59. The monoisotopic (exact) mass is 264 g/mol. The molecule has 0 saturated heterocycles. The Labute approximate surface area is 113 Å². The standard InChI is InChI=1S/C14H20N2O3/c1-3-16(9-10(2)14(18)19)13(17)8-11-5-4-6-12(15)7-11/h4-7,10H,3,8-9,15H2,1-2H3,(H,18,19). The van der Waals surface area contributed by atoms with Crippen molar-refractivity contribution in [2.45, 2.75) is 20.3 Å². The third kappa shape index (κ3) is 4.62.